The first-order chi connectivity index (χ1) is 17.0. The highest BCUT2D eigenvalue weighted by molar-refractivity contribution is 5.91. The van der Waals surface area contributed by atoms with Gasteiger partial charge in [-0.1, -0.05) is 12.1 Å². The molecule has 4 rings (SSSR count). The lowest BCUT2D eigenvalue weighted by molar-refractivity contribution is -0.139. The van der Waals surface area contributed by atoms with Crippen LogP contribution in [0.25, 0.3) is 10.9 Å². The third kappa shape index (κ3) is 5.89. The van der Waals surface area contributed by atoms with Crippen LogP contribution in [-0.4, -0.2) is 59.5 Å². The maximum absolute atomic E-state index is 13.2. The van der Waals surface area contributed by atoms with Gasteiger partial charge in [0, 0.05) is 37.1 Å². The molecule has 11 heteroatoms. The average Bonchev–Trinajstić information content (AvgIpc) is 3.30. The van der Waals surface area contributed by atoms with E-state index in [0.717, 1.165) is 0 Å². The van der Waals surface area contributed by atoms with E-state index in [1.165, 1.54) is 18.2 Å². The smallest absolute Gasteiger partial charge is 0.390 e. The molecule has 36 heavy (non-hydrogen) atoms. The van der Waals surface area contributed by atoms with Crippen LogP contribution < -0.4 is 9.47 Å². The van der Waals surface area contributed by atoms with Crippen molar-refractivity contribution in [2.75, 3.05) is 19.6 Å². The molecule has 0 saturated carbocycles. The zero-order chi connectivity index (χ0) is 26.0. The van der Waals surface area contributed by atoms with Gasteiger partial charge in [0.05, 0.1) is 17.5 Å². The molecule has 194 valence electrons. The van der Waals surface area contributed by atoms with Crippen molar-refractivity contribution < 1.29 is 41.3 Å². The Kier molecular flexibility index (Phi) is 7.39. The van der Waals surface area contributed by atoms with Gasteiger partial charge in [-0.05, 0) is 48.7 Å². The van der Waals surface area contributed by atoms with Crippen LogP contribution in [0.1, 0.15) is 40.2 Å². The lowest BCUT2D eigenvalue weighted by atomic mass is 9.87. The zero-order valence-electron chi connectivity index (χ0n) is 19.3. The van der Waals surface area contributed by atoms with E-state index in [2.05, 4.69) is 4.98 Å². The summed E-state index contributed by atoms with van der Waals surface area (Å²) in [6, 6.07) is 9.20. The average molecular weight is 512 g/mol. The fourth-order valence-corrected chi connectivity index (χ4v) is 4.63. The lowest BCUT2D eigenvalue weighted by Gasteiger charge is -2.39. The van der Waals surface area contributed by atoms with Crippen LogP contribution in [0.2, 0.25) is 0 Å². The first kappa shape index (κ1) is 25.7. The van der Waals surface area contributed by atoms with E-state index in [1.807, 2.05) is 0 Å². The molecule has 0 spiro atoms. The number of hydrogen-bond donors (Lipinski definition) is 2. The molecule has 2 N–H and O–H groups in total. The van der Waals surface area contributed by atoms with Gasteiger partial charge in [-0.2, -0.15) is 22.0 Å². The number of rotatable bonds is 8. The number of aromatic amines is 1. The summed E-state index contributed by atoms with van der Waals surface area (Å²) >= 11 is 0. The summed E-state index contributed by atoms with van der Waals surface area (Å²) in [6.45, 7) is -0.983. The number of carboxylic acids is 1. The third-order valence-electron chi connectivity index (χ3n) is 6.37. The first-order valence-corrected chi connectivity index (χ1v) is 11.4. The summed E-state index contributed by atoms with van der Waals surface area (Å²) in [6.07, 6.45) is -3.86. The number of benzene rings is 2. The van der Waals surface area contributed by atoms with Gasteiger partial charge in [0.1, 0.15) is 6.10 Å². The second kappa shape index (κ2) is 10.3. The summed E-state index contributed by atoms with van der Waals surface area (Å²) in [4.78, 5) is 16.0. The van der Waals surface area contributed by atoms with Crippen molar-refractivity contribution in [1.29, 1.82) is 0 Å². The summed E-state index contributed by atoms with van der Waals surface area (Å²) in [5, 5.41) is 9.76. The predicted octanol–water partition coefficient (Wildman–Crippen LogP) is 5.97. The van der Waals surface area contributed by atoms with Crippen LogP contribution in [0, 0.1) is 6.92 Å². The van der Waals surface area contributed by atoms with Crippen molar-refractivity contribution in [2.24, 2.45) is 0 Å². The number of nitrogens with zero attached hydrogens (tertiary/aromatic N) is 1. The summed E-state index contributed by atoms with van der Waals surface area (Å²) in [5.41, 5.74) is 2.12. The minimum atomic E-state index is -4.30. The van der Waals surface area contributed by atoms with Gasteiger partial charge in [-0.15, -0.1) is 0 Å². The van der Waals surface area contributed by atoms with Gasteiger partial charge in [0.2, 0.25) is 0 Å². The van der Waals surface area contributed by atoms with Crippen LogP contribution >= 0.6 is 0 Å². The predicted molar refractivity (Wildman–Crippen MR) is 122 cm³/mol. The Bertz CT molecular complexity index is 1210. The summed E-state index contributed by atoms with van der Waals surface area (Å²) in [5.74, 6) is -1.55. The van der Waals surface area contributed by atoms with Crippen LogP contribution in [0.15, 0.2) is 42.6 Å². The topological polar surface area (TPSA) is 74.8 Å². The van der Waals surface area contributed by atoms with Gasteiger partial charge in [-0.3, -0.25) is 0 Å². The molecule has 2 aromatic carbocycles. The summed E-state index contributed by atoms with van der Waals surface area (Å²) < 4.78 is 75.9. The molecule has 0 unspecified atom stereocenters. The maximum Gasteiger partial charge on any atom is 0.390 e. The number of carboxylic acid groups (broad SMARTS) is 1. The van der Waals surface area contributed by atoms with Crippen molar-refractivity contribution >= 4 is 16.9 Å². The minimum Gasteiger partial charge on any atom is -0.485 e. The van der Waals surface area contributed by atoms with Crippen LogP contribution in [0.3, 0.4) is 0 Å². The standard InChI is InChI=1S/C25H25F5N2O4/c1-14-12-20(36-24(26)27)22(17-6-9-31-21(14)17)35-19-7-10-32(11-8-25(28,29)30)13-18(19)15-2-4-16(5-3-15)23(33)34/h2-6,9,12,18-19,24,31H,7-8,10-11,13H2,1H3,(H,33,34)/t18-,19+/m1/s1. The molecule has 1 aliphatic rings. The highest BCUT2D eigenvalue weighted by Crippen LogP contribution is 2.42. The Labute approximate surface area is 203 Å². The number of fused-ring (bicyclic) bond motifs is 1. The van der Waals surface area contributed by atoms with Crippen molar-refractivity contribution in [3.8, 4) is 11.5 Å². The molecule has 2 atom stereocenters. The molecule has 6 nitrogen and oxygen atoms in total. The number of aromatic carboxylic acids is 1. The molecule has 2 heterocycles. The lowest BCUT2D eigenvalue weighted by Crippen LogP contribution is -2.45. The molecular formula is C25H25F5N2O4. The highest BCUT2D eigenvalue weighted by Gasteiger charge is 2.35. The largest absolute Gasteiger partial charge is 0.485 e. The second-order valence-electron chi connectivity index (χ2n) is 8.81. The van der Waals surface area contributed by atoms with Crippen molar-refractivity contribution in [2.45, 2.75) is 44.6 Å². The Morgan fingerprint density at radius 1 is 1.22 bits per heavy atom. The maximum atomic E-state index is 13.2. The molecule has 0 bridgehead atoms. The number of H-pyrrole nitrogens is 1. The Morgan fingerprint density at radius 3 is 2.58 bits per heavy atom. The molecular weight excluding hydrogens is 487 g/mol. The van der Waals surface area contributed by atoms with E-state index in [1.54, 1.807) is 36.2 Å². The number of carbonyl (C=O) groups is 1. The summed E-state index contributed by atoms with van der Waals surface area (Å²) in [7, 11) is 0. The zero-order valence-corrected chi connectivity index (χ0v) is 19.3. The van der Waals surface area contributed by atoms with Gasteiger partial charge in [-0.25, -0.2) is 4.79 Å². The van der Waals surface area contributed by atoms with E-state index in [0.29, 0.717) is 35.0 Å². The van der Waals surface area contributed by atoms with E-state index in [4.69, 9.17) is 9.47 Å². The van der Waals surface area contributed by atoms with Crippen LogP contribution in [0.4, 0.5) is 22.0 Å². The van der Waals surface area contributed by atoms with E-state index in [9.17, 15) is 31.9 Å². The molecule has 0 aliphatic carbocycles. The normalized spacial score (nSPS) is 19.1. The Hall–Kier alpha value is -3.34. The first-order valence-electron chi connectivity index (χ1n) is 11.4. The molecule has 1 aliphatic heterocycles. The fraction of sp³-hybridized carbons (Fsp3) is 0.400. The highest BCUT2D eigenvalue weighted by atomic mass is 19.4. The van der Waals surface area contributed by atoms with Crippen LogP contribution in [0.5, 0.6) is 11.5 Å². The molecule has 1 fully saturated rings. The minimum absolute atomic E-state index is 0.0705. The quantitative estimate of drug-likeness (QED) is 0.364. The second-order valence-corrected chi connectivity index (χ2v) is 8.81. The van der Waals surface area contributed by atoms with Crippen molar-refractivity contribution in [3.63, 3.8) is 0 Å². The van der Waals surface area contributed by atoms with E-state index in [-0.39, 0.29) is 30.2 Å². The SMILES string of the molecule is Cc1cc(OC(F)F)c(O[C@H]2CCN(CCC(F)(F)F)C[C@@H]2c2ccc(C(=O)O)cc2)c2cc[nH]c12. The van der Waals surface area contributed by atoms with E-state index < -0.39 is 37.2 Å². The van der Waals surface area contributed by atoms with Crippen LogP contribution in [-0.2, 0) is 0 Å². The number of ether oxygens (including phenoxy) is 2. The molecule has 0 radical (unpaired) electrons. The Morgan fingerprint density at radius 2 is 1.94 bits per heavy atom. The number of nitrogens with one attached hydrogen (secondary N) is 1. The number of alkyl halides is 5. The fourth-order valence-electron chi connectivity index (χ4n) is 4.63. The molecule has 1 aromatic heterocycles. The number of halogens is 5. The molecule has 1 saturated heterocycles. The van der Waals surface area contributed by atoms with Gasteiger partial charge in [0.15, 0.2) is 11.5 Å². The number of aryl methyl sites for hydroxylation is 1. The van der Waals surface area contributed by atoms with Gasteiger partial charge < -0.3 is 24.5 Å². The van der Waals surface area contributed by atoms with Crippen molar-refractivity contribution in [3.05, 3.63) is 59.3 Å². The number of likely N-dealkylation sites (tertiary alicyclic amines) is 1. The van der Waals surface area contributed by atoms with Crippen molar-refractivity contribution in [1.82, 2.24) is 9.88 Å². The van der Waals surface area contributed by atoms with E-state index >= 15 is 0 Å². The Balaban J connectivity index is 1.67. The van der Waals surface area contributed by atoms with Gasteiger partial charge in [0.25, 0.3) is 0 Å². The number of hydrogen-bond acceptors (Lipinski definition) is 4. The number of aromatic nitrogens is 1. The van der Waals surface area contributed by atoms with Gasteiger partial charge >= 0.3 is 18.8 Å². The monoisotopic (exact) mass is 512 g/mol. The third-order valence-corrected chi connectivity index (χ3v) is 6.37. The molecule has 3 aromatic rings. The molecule has 0 amide bonds. The number of piperidine rings is 1.